The fourth-order valence-electron chi connectivity index (χ4n) is 2.41. The quantitative estimate of drug-likeness (QED) is 0.657. The van der Waals surface area contributed by atoms with E-state index in [-0.39, 0.29) is 17.2 Å². The molecule has 0 heterocycles. The first-order valence-corrected chi connectivity index (χ1v) is 7.51. The molecule has 8 nitrogen and oxygen atoms in total. The number of nitrogens with zero attached hydrogens (tertiary/aromatic N) is 2. The Hall–Kier alpha value is -3.29. The van der Waals surface area contributed by atoms with E-state index in [9.17, 15) is 25.0 Å². The van der Waals surface area contributed by atoms with Crippen LogP contribution in [0.2, 0.25) is 0 Å². The maximum absolute atomic E-state index is 12.4. The monoisotopic (exact) mass is 343 g/mol. The van der Waals surface area contributed by atoms with Crippen LogP contribution in [0.25, 0.3) is 0 Å². The van der Waals surface area contributed by atoms with Gasteiger partial charge in [-0.1, -0.05) is 29.8 Å². The summed E-state index contributed by atoms with van der Waals surface area (Å²) in [6, 6.07) is 9.28. The van der Waals surface area contributed by atoms with Gasteiger partial charge in [0, 0.05) is 12.1 Å². The molecule has 0 aromatic heterocycles. The summed E-state index contributed by atoms with van der Waals surface area (Å²) in [7, 11) is 0. The molecule has 0 unspecified atom stereocenters. The van der Waals surface area contributed by atoms with Gasteiger partial charge in [-0.25, -0.2) is 0 Å². The molecule has 1 atom stereocenters. The average molecular weight is 343 g/mol. The van der Waals surface area contributed by atoms with E-state index in [0.717, 1.165) is 23.3 Å². The van der Waals surface area contributed by atoms with E-state index in [2.05, 4.69) is 5.32 Å². The van der Waals surface area contributed by atoms with Crippen molar-refractivity contribution >= 4 is 17.3 Å². The number of carbonyl (C=O) groups excluding carboxylic acids is 1. The molecule has 0 aliphatic rings. The topological polar surface area (TPSA) is 115 Å². The van der Waals surface area contributed by atoms with E-state index >= 15 is 0 Å². The Balaban J connectivity index is 2.33. The van der Waals surface area contributed by atoms with Gasteiger partial charge < -0.3 is 5.32 Å². The van der Waals surface area contributed by atoms with Crippen LogP contribution >= 0.6 is 0 Å². The molecule has 8 heteroatoms. The van der Waals surface area contributed by atoms with Crippen molar-refractivity contribution in [3.8, 4) is 0 Å². The first kappa shape index (κ1) is 18.1. The van der Waals surface area contributed by atoms with Crippen LogP contribution in [0.15, 0.2) is 36.4 Å². The summed E-state index contributed by atoms with van der Waals surface area (Å²) in [5.74, 6) is -0.612. The molecule has 2 aromatic carbocycles. The third kappa shape index (κ3) is 3.97. The molecule has 0 aliphatic carbocycles. The van der Waals surface area contributed by atoms with Crippen molar-refractivity contribution in [2.75, 3.05) is 0 Å². The normalized spacial score (nSPS) is 11.6. The summed E-state index contributed by atoms with van der Waals surface area (Å²) in [5.41, 5.74) is 0.813. The van der Waals surface area contributed by atoms with Crippen LogP contribution in [0, 0.1) is 34.1 Å². The third-order valence-electron chi connectivity index (χ3n) is 3.93. The van der Waals surface area contributed by atoms with E-state index in [1.165, 1.54) is 6.92 Å². The second-order valence-electron chi connectivity index (χ2n) is 5.76. The van der Waals surface area contributed by atoms with Gasteiger partial charge >= 0.3 is 0 Å². The first-order chi connectivity index (χ1) is 11.7. The molecule has 0 fully saturated rings. The zero-order valence-electron chi connectivity index (χ0n) is 14.0. The van der Waals surface area contributed by atoms with Crippen LogP contribution in [-0.4, -0.2) is 15.8 Å². The van der Waals surface area contributed by atoms with Gasteiger partial charge in [-0.15, -0.1) is 0 Å². The van der Waals surface area contributed by atoms with Gasteiger partial charge in [0.1, 0.15) is 5.56 Å². The van der Waals surface area contributed by atoms with Crippen LogP contribution in [0.1, 0.15) is 40.0 Å². The van der Waals surface area contributed by atoms with Gasteiger partial charge in [0.15, 0.2) is 0 Å². The number of amides is 1. The number of hydrogen-bond acceptors (Lipinski definition) is 5. The molecule has 0 bridgehead atoms. The summed E-state index contributed by atoms with van der Waals surface area (Å²) in [6.45, 7) is 4.99. The lowest BCUT2D eigenvalue weighted by molar-refractivity contribution is -0.395. The Morgan fingerprint density at radius 1 is 1.00 bits per heavy atom. The molecule has 1 amide bonds. The highest BCUT2D eigenvalue weighted by molar-refractivity contribution is 5.96. The van der Waals surface area contributed by atoms with Gasteiger partial charge in [0.05, 0.1) is 21.5 Å². The summed E-state index contributed by atoms with van der Waals surface area (Å²) in [6.07, 6.45) is 0. The van der Waals surface area contributed by atoms with Gasteiger partial charge in [0.25, 0.3) is 17.3 Å². The van der Waals surface area contributed by atoms with Crippen LogP contribution in [0.5, 0.6) is 0 Å². The average Bonchev–Trinajstić information content (AvgIpc) is 2.54. The molecule has 130 valence electrons. The lowest BCUT2D eigenvalue weighted by Gasteiger charge is -2.15. The number of benzene rings is 2. The van der Waals surface area contributed by atoms with E-state index in [4.69, 9.17) is 0 Å². The Bertz CT molecular complexity index is 811. The number of nitrogens with one attached hydrogen (secondary N) is 1. The fraction of sp³-hybridized carbons (Fsp3) is 0.235. The molecular weight excluding hydrogens is 326 g/mol. The standard InChI is InChI=1S/C17H17N3O5/c1-10-4-6-13(7-5-10)12(3)18-17(21)14-8-15(19(22)23)11(2)16(9-14)20(24)25/h4-9,12H,1-3H3,(H,18,21)/t12-/m1/s1. The van der Waals surface area contributed by atoms with Crippen molar-refractivity contribution in [2.24, 2.45) is 0 Å². The van der Waals surface area contributed by atoms with Crippen LogP contribution in [0.4, 0.5) is 11.4 Å². The van der Waals surface area contributed by atoms with E-state index in [1.807, 2.05) is 31.2 Å². The second-order valence-corrected chi connectivity index (χ2v) is 5.76. The van der Waals surface area contributed by atoms with Crippen molar-refractivity contribution in [3.63, 3.8) is 0 Å². The van der Waals surface area contributed by atoms with Gasteiger partial charge in [-0.05, 0) is 26.3 Å². The van der Waals surface area contributed by atoms with Crippen molar-refractivity contribution in [2.45, 2.75) is 26.8 Å². The van der Waals surface area contributed by atoms with Crippen LogP contribution < -0.4 is 5.32 Å². The molecule has 1 N–H and O–H groups in total. The van der Waals surface area contributed by atoms with Gasteiger partial charge in [0.2, 0.25) is 0 Å². The fourth-order valence-corrected chi connectivity index (χ4v) is 2.41. The molecule has 2 aromatic rings. The molecule has 25 heavy (non-hydrogen) atoms. The Morgan fingerprint density at radius 2 is 1.48 bits per heavy atom. The molecule has 0 aliphatic heterocycles. The number of aryl methyl sites for hydroxylation is 1. The Kier molecular flexibility index (Phi) is 5.11. The molecule has 0 saturated carbocycles. The first-order valence-electron chi connectivity index (χ1n) is 7.51. The lowest BCUT2D eigenvalue weighted by Crippen LogP contribution is -2.26. The second kappa shape index (κ2) is 7.08. The number of hydrogen-bond donors (Lipinski definition) is 1. The molecule has 0 radical (unpaired) electrons. The minimum atomic E-state index is -0.734. The maximum Gasteiger partial charge on any atom is 0.279 e. The third-order valence-corrected chi connectivity index (χ3v) is 3.93. The van der Waals surface area contributed by atoms with E-state index < -0.39 is 27.1 Å². The predicted molar refractivity (Wildman–Crippen MR) is 91.5 cm³/mol. The summed E-state index contributed by atoms with van der Waals surface area (Å²) in [5, 5.41) is 24.9. The number of nitro groups is 2. The predicted octanol–water partition coefficient (Wildman–Crippen LogP) is 3.61. The molecule has 2 rings (SSSR count). The van der Waals surface area contributed by atoms with Crippen molar-refractivity contribution in [3.05, 3.63) is 78.9 Å². The minimum absolute atomic E-state index is 0.0851. The lowest BCUT2D eigenvalue weighted by atomic mass is 10.0. The van der Waals surface area contributed by atoms with Crippen molar-refractivity contribution < 1.29 is 14.6 Å². The van der Waals surface area contributed by atoms with Crippen LogP contribution in [0.3, 0.4) is 0 Å². The van der Waals surface area contributed by atoms with E-state index in [1.54, 1.807) is 6.92 Å². The maximum atomic E-state index is 12.4. The summed E-state index contributed by atoms with van der Waals surface area (Å²) in [4.78, 5) is 33.1. The zero-order chi connectivity index (χ0) is 18.7. The highest BCUT2D eigenvalue weighted by Crippen LogP contribution is 2.29. The Morgan fingerprint density at radius 3 is 1.92 bits per heavy atom. The molecule has 0 saturated heterocycles. The summed E-state index contributed by atoms with van der Waals surface area (Å²) < 4.78 is 0. The van der Waals surface area contributed by atoms with Crippen molar-refractivity contribution in [1.29, 1.82) is 0 Å². The number of carbonyl (C=O) groups is 1. The zero-order valence-corrected chi connectivity index (χ0v) is 14.0. The minimum Gasteiger partial charge on any atom is -0.346 e. The van der Waals surface area contributed by atoms with E-state index in [0.29, 0.717) is 0 Å². The molecule has 0 spiro atoms. The largest absolute Gasteiger partial charge is 0.346 e. The highest BCUT2D eigenvalue weighted by Gasteiger charge is 2.25. The van der Waals surface area contributed by atoms with Gasteiger partial charge in [-0.3, -0.25) is 25.0 Å². The number of nitro benzene ring substituents is 2. The number of rotatable bonds is 5. The smallest absolute Gasteiger partial charge is 0.279 e. The van der Waals surface area contributed by atoms with Crippen LogP contribution in [-0.2, 0) is 0 Å². The van der Waals surface area contributed by atoms with Crippen molar-refractivity contribution in [1.82, 2.24) is 5.32 Å². The highest BCUT2D eigenvalue weighted by atomic mass is 16.6. The summed E-state index contributed by atoms with van der Waals surface area (Å²) >= 11 is 0. The SMILES string of the molecule is Cc1ccc([C@@H](C)NC(=O)c2cc([N+](=O)[O-])c(C)c([N+](=O)[O-])c2)cc1. The molecular formula is C17H17N3O5. The Labute approximate surface area is 143 Å². The van der Waals surface area contributed by atoms with Gasteiger partial charge in [-0.2, -0.15) is 0 Å².